The number of aliphatic carboxylic acids is 1. The summed E-state index contributed by atoms with van der Waals surface area (Å²) in [7, 11) is -2.00. The van der Waals surface area contributed by atoms with Crippen LogP contribution in [0.4, 0.5) is 8.78 Å². The molecule has 0 fully saturated rings. The highest BCUT2D eigenvalue weighted by atomic mass is 32.2. The van der Waals surface area contributed by atoms with Crippen molar-refractivity contribution in [2.75, 3.05) is 11.5 Å². The number of pyridine rings is 1. The molecule has 14 heteroatoms. The van der Waals surface area contributed by atoms with E-state index < -0.39 is 55.4 Å². The van der Waals surface area contributed by atoms with Gasteiger partial charge in [0.15, 0.2) is 37.1 Å². The molecule has 270 valence electrons. The Morgan fingerprint density at radius 2 is 1.92 bits per heavy atom. The number of aromatic amines is 1. The summed E-state index contributed by atoms with van der Waals surface area (Å²) in [4.78, 5) is 24.1. The number of hydrogen-bond donors (Lipinski definition) is 2. The van der Waals surface area contributed by atoms with Crippen LogP contribution in [0.3, 0.4) is 0 Å². The Balaban J connectivity index is 1.52. The molecular formula is C37H41F2N5O5S2. The quantitative estimate of drug-likeness (QED) is 0.197. The Morgan fingerprint density at radius 3 is 2.67 bits per heavy atom. The molecule has 0 radical (unpaired) electrons. The minimum absolute atomic E-state index is 0.00987. The third-order valence-electron chi connectivity index (χ3n) is 9.91. The average Bonchev–Trinajstić information content (AvgIpc) is 3.69. The van der Waals surface area contributed by atoms with Crippen molar-refractivity contribution in [1.82, 2.24) is 24.7 Å². The number of benzene rings is 2. The molecule has 6 rings (SSSR count). The van der Waals surface area contributed by atoms with Gasteiger partial charge in [0.2, 0.25) is 0 Å². The smallest absolute Gasteiger partial charge is 0.306 e. The fourth-order valence-electron chi connectivity index (χ4n) is 7.15. The maximum Gasteiger partial charge on any atom is 0.306 e. The highest BCUT2D eigenvalue weighted by Gasteiger charge is 2.39. The van der Waals surface area contributed by atoms with Crippen LogP contribution in [0.15, 0.2) is 64.6 Å². The summed E-state index contributed by atoms with van der Waals surface area (Å²) >= 11 is -2.07. The van der Waals surface area contributed by atoms with Gasteiger partial charge in [0.05, 0.1) is 22.8 Å². The van der Waals surface area contributed by atoms with E-state index in [-0.39, 0.29) is 45.5 Å². The number of aromatic nitrogens is 5. The van der Waals surface area contributed by atoms with E-state index in [1.165, 1.54) is 29.9 Å². The van der Waals surface area contributed by atoms with Gasteiger partial charge in [-0.3, -0.25) is 9.78 Å². The lowest BCUT2D eigenvalue weighted by Crippen LogP contribution is -2.30. The molecule has 0 amide bonds. The number of H-pyrrole nitrogens is 1. The SMILES string of the molecule is C[C@@H](Cc1cccc([C@@]2(C)CCCC(C)(C)CS(=O)(=O)CCc3c(c(F)cc4[nH]ccc34)[S+]([O-])c3ccnc(c3)-c3nc2nn3C)c1F)C(=O)O. The number of hydrogen-bond acceptors (Lipinski definition) is 7. The first-order chi connectivity index (χ1) is 24.0. The molecule has 5 aromatic rings. The summed E-state index contributed by atoms with van der Waals surface area (Å²) in [5.41, 5.74) is -0.0941. The maximum absolute atomic E-state index is 16.4. The Morgan fingerprint density at radius 1 is 1.16 bits per heavy atom. The number of carboxylic acid groups (broad SMARTS) is 1. The third-order valence-corrected chi connectivity index (χ3v) is 13.4. The highest BCUT2D eigenvalue weighted by molar-refractivity contribution is 7.92. The predicted octanol–water partition coefficient (Wildman–Crippen LogP) is 6.54. The van der Waals surface area contributed by atoms with Gasteiger partial charge >= 0.3 is 5.97 Å². The largest absolute Gasteiger partial charge is 0.606 e. The average molecular weight is 738 g/mol. The van der Waals surface area contributed by atoms with Gasteiger partial charge in [-0.05, 0) is 49.7 Å². The molecular weight excluding hydrogens is 697 g/mol. The number of rotatable bonds is 4. The van der Waals surface area contributed by atoms with Crippen molar-refractivity contribution >= 4 is 37.9 Å². The van der Waals surface area contributed by atoms with Crippen LogP contribution in [0.5, 0.6) is 0 Å². The van der Waals surface area contributed by atoms with Gasteiger partial charge in [0.25, 0.3) is 0 Å². The predicted molar refractivity (Wildman–Crippen MR) is 191 cm³/mol. The number of sulfone groups is 1. The molecule has 1 unspecified atom stereocenters. The normalized spacial score (nSPS) is 21.4. The zero-order valence-corrected chi connectivity index (χ0v) is 30.8. The lowest BCUT2D eigenvalue weighted by Gasteiger charge is -2.31. The van der Waals surface area contributed by atoms with E-state index in [4.69, 9.17) is 10.1 Å². The molecule has 0 aliphatic carbocycles. The second kappa shape index (κ2) is 13.8. The van der Waals surface area contributed by atoms with Crippen molar-refractivity contribution in [3.8, 4) is 11.5 Å². The van der Waals surface area contributed by atoms with Crippen LogP contribution in [0.1, 0.15) is 69.5 Å². The molecule has 0 spiro atoms. The summed E-state index contributed by atoms with van der Waals surface area (Å²) in [6, 6.07) is 11.0. The Labute approximate surface area is 298 Å². The second-order valence-corrected chi connectivity index (χ2v) is 18.1. The van der Waals surface area contributed by atoms with Gasteiger partial charge in [-0.15, -0.1) is 0 Å². The fourth-order valence-corrected chi connectivity index (χ4v) is 10.5. The van der Waals surface area contributed by atoms with Crippen molar-refractivity contribution in [3.63, 3.8) is 0 Å². The standard InChI is InChI=1S/C37H41F2N5O5S2/c1-22(34(45)46)18-23-8-6-9-27(31(23)39)37(4)14-7-13-36(2,3)21-51(48,49)17-12-26-25-11-16-40-29(25)20-28(38)32(26)50(47)24-10-15-41-30(19-24)33-42-35(37)43-44(33)5/h6,8-11,15-16,19-20,22,40H,7,12-14,17-18,21H2,1-5H3,(H,45,46)/t22-,37+,50?/m0/s1. The molecule has 2 aromatic carbocycles. The molecule has 0 saturated carbocycles. The summed E-state index contributed by atoms with van der Waals surface area (Å²) in [5, 5.41) is 14.8. The third kappa shape index (κ3) is 7.31. The number of nitrogens with one attached hydrogen (secondary N) is 1. The van der Waals surface area contributed by atoms with E-state index in [9.17, 15) is 22.9 Å². The van der Waals surface area contributed by atoms with Crippen LogP contribution in [0.2, 0.25) is 0 Å². The zero-order valence-electron chi connectivity index (χ0n) is 29.2. The van der Waals surface area contributed by atoms with E-state index in [0.717, 1.165) is 0 Å². The topological polar surface area (TPSA) is 154 Å². The minimum Gasteiger partial charge on any atom is -0.606 e. The zero-order chi connectivity index (χ0) is 36.9. The Bertz CT molecular complexity index is 2240. The van der Waals surface area contributed by atoms with Crippen LogP contribution in [-0.4, -0.2) is 60.3 Å². The van der Waals surface area contributed by atoms with Crippen molar-refractivity contribution in [2.45, 2.75) is 75.0 Å². The first-order valence-electron chi connectivity index (χ1n) is 16.8. The molecule has 3 aromatic heterocycles. The molecule has 51 heavy (non-hydrogen) atoms. The molecule has 1 aliphatic rings. The minimum atomic E-state index is -3.68. The number of carbonyl (C=O) groups is 1. The molecule has 10 nitrogen and oxygen atoms in total. The van der Waals surface area contributed by atoms with E-state index in [2.05, 4.69) is 9.97 Å². The van der Waals surface area contributed by atoms with Crippen LogP contribution in [0, 0.1) is 23.0 Å². The number of fused-ring (bicyclic) bond motifs is 8. The molecule has 2 N–H and O–H groups in total. The van der Waals surface area contributed by atoms with Crippen molar-refractivity contribution in [3.05, 3.63) is 89.0 Å². The van der Waals surface area contributed by atoms with Crippen LogP contribution < -0.4 is 0 Å². The number of aryl methyl sites for hydroxylation is 2. The molecule has 1 aliphatic heterocycles. The molecule has 4 bridgehead atoms. The van der Waals surface area contributed by atoms with Gasteiger partial charge in [-0.25, -0.2) is 26.9 Å². The highest BCUT2D eigenvalue weighted by Crippen LogP contribution is 2.41. The van der Waals surface area contributed by atoms with E-state index in [0.29, 0.717) is 52.8 Å². The number of halogens is 2. The van der Waals surface area contributed by atoms with Gasteiger partial charge in [-0.1, -0.05) is 45.4 Å². The molecule has 4 heterocycles. The summed E-state index contributed by atoms with van der Waals surface area (Å²) in [5.74, 6) is -2.91. The first kappa shape index (κ1) is 36.6. The molecule has 0 saturated heterocycles. The lowest BCUT2D eigenvalue weighted by atomic mass is 9.74. The number of carboxylic acids is 1. The van der Waals surface area contributed by atoms with Crippen molar-refractivity contribution < 1.29 is 31.7 Å². The second-order valence-electron chi connectivity index (χ2n) is 14.5. The summed E-state index contributed by atoms with van der Waals surface area (Å²) < 4.78 is 75.3. The van der Waals surface area contributed by atoms with Crippen LogP contribution >= 0.6 is 0 Å². The van der Waals surface area contributed by atoms with Crippen LogP contribution in [-0.2, 0) is 51.1 Å². The van der Waals surface area contributed by atoms with Gasteiger partial charge in [0, 0.05) is 70.8 Å². The molecule has 3 atom stereocenters. The van der Waals surface area contributed by atoms with E-state index in [1.54, 1.807) is 43.6 Å². The maximum atomic E-state index is 16.4. The van der Waals surface area contributed by atoms with Gasteiger partial charge in [0.1, 0.15) is 11.5 Å². The van der Waals surface area contributed by atoms with Gasteiger partial charge < -0.3 is 14.6 Å². The van der Waals surface area contributed by atoms with Crippen molar-refractivity contribution in [2.24, 2.45) is 18.4 Å². The van der Waals surface area contributed by atoms with Crippen molar-refractivity contribution in [1.29, 1.82) is 0 Å². The summed E-state index contributed by atoms with van der Waals surface area (Å²) in [6.45, 7) is 7.10. The van der Waals surface area contributed by atoms with Gasteiger partial charge in [-0.2, -0.15) is 5.10 Å². The van der Waals surface area contributed by atoms with E-state index >= 15 is 8.78 Å². The lowest BCUT2D eigenvalue weighted by molar-refractivity contribution is -0.141. The summed E-state index contributed by atoms with van der Waals surface area (Å²) in [6.07, 6.45) is 4.35. The Hall–Kier alpha value is -4.14. The Kier molecular flexibility index (Phi) is 9.90. The van der Waals surface area contributed by atoms with E-state index in [1.807, 2.05) is 20.8 Å². The fraction of sp³-hybridized carbons (Fsp3) is 0.405. The monoisotopic (exact) mass is 737 g/mol. The van der Waals surface area contributed by atoms with Crippen LogP contribution in [0.25, 0.3) is 22.4 Å². The first-order valence-corrected chi connectivity index (χ1v) is 19.8. The number of nitrogens with zero attached hydrogens (tertiary/aromatic N) is 4.